The lowest BCUT2D eigenvalue weighted by Gasteiger charge is -2.10. The monoisotopic (exact) mass is 406 g/mol. The summed E-state index contributed by atoms with van der Waals surface area (Å²) >= 11 is 0. The predicted molar refractivity (Wildman–Crippen MR) is 116 cm³/mol. The van der Waals surface area contributed by atoms with Crippen molar-refractivity contribution < 1.29 is 18.7 Å². The molecule has 0 atom stereocenters. The highest BCUT2D eigenvalue weighted by Gasteiger charge is 2.18. The molecule has 1 heterocycles. The Labute approximate surface area is 175 Å². The summed E-state index contributed by atoms with van der Waals surface area (Å²) < 4.78 is 11.6. The Bertz CT molecular complexity index is 1050. The summed E-state index contributed by atoms with van der Waals surface area (Å²) in [5.41, 5.74) is 3.33. The quantitative estimate of drug-likeness (QED) is 0.607. The molecule has 0 fully saturated rings. The molecular weight excluding hydrogens is 380 g/mol. The van der Waals surface area contributed by atoms with Crippen molar-refractivity contribution in [2.24, 2.45) is 0 Å². The van der Waals surface area contributed by atoms with Gasteiger partial charge in [-0.2, -0.15) is 0 Å². The van der Waals surface area contributed by atoms with E-state index in [4.69, 9.17) is 9.15 Å². The average Bonchev–Trinajstić information content (AvgIpc) is 3.14. The van der Waals surface area contributed by atoms with E-state index < -0.39 is 0 Å². The molecule has 3 aromatic rings. The topological polar surface area (TPSA) is 80.6 Å². The maximum Gasteiger partial charge on any atom is 0.262 e. The Morgan fingerprint density at radius 1 is 1.07 bits per heavy atom. The van der Waals surface area contributed by atoms with Gasteiger partial charge >= 0.3 is 0 Å². The molecule has 0 bridgehead atoms. The second kappa shape index (κ2) is 9.03. The molecular formula is C24H26N2O4. The minimum absolute atomic E-state index is 0.0930. The normalized spacial score (nSPS) is 13.0. The van der Waals surface area contributed by atoms with Gasteiger partial charge in [0, 0.05) is 35.2 Å². The number of furan rings is 1. The molecule has 1 aliphatic rings. The number of carbonyl (C=O) groups is 2. The second-order valence-electron chi connectivity index (χ2n) is 7.54. The Hall–Kier alpha value is -3.28. The third kappa shape index (κ3) is 4.48. The standard InChI is InChI=1S/C24H26N2O4/c1-2-13-25-24(28)16-7-9-17(10-8-16)26-23(27)15-29-18-11-12-22-20(14-18)19-5-3-4-6-21(19)30-22/h7-12,14H,2-6,13,15H2,1H3,(H,25,28)(H,26,27). The minimum Gasteiger partial charge on any atom is -0.484 e. The maximum absolute atomic E-state index is 12.3. The molecule has 0 aliphatic heterocycles. The van der Waals surface area contributed by atoms with Crippen LogP contribution in [0.4, 0.5) is 5.69 Å². The number of rotatable bonds is 7. The van der Waals surface area contributed by atoms with Crippen LogP contribution >= 0.6 is 0 Å². The molecule has 6 heteroatoms. The van der Waals surface area contributed by atoms with E-state index in [1.807, 2.05) is 25.1 Å². The van der Waals surface area contributed by atoms with Crippen LogP contribution in [-0.4, -0.2) is 25.0 Å². The van der Waals surface area contributed by atoms with Crippen molar-refractivity contribution in [2.45, 2.75) is 39.0 Å². The molecule has 1 aromatic heterocycles. The van der Waals surface area contributed by atoms with E-state index >= 15 is 0 Å². The van der Waals surface area contributed by atoms with Gasteiger partial charge in [-0.3, -0.25) is 9.59 Å². The largest absolute Gasteiger partial charge is 0.484 e. The van der Waals surface area contributed by atoms with Crippen molar-refractivity contribution in [3.05, 3.63) is 59.4 Å². The summed E-state index contributed by atoms with van der Waals surface area (Å²) in [4.78, 5) is 24.2. The molecule has 1 aliphatic carbocycles. The van der Waals surface area contributed by atoms with Gasteiger partial charge in [0.2, 0.25) is 0 Å². The SMILES string of the molecule is CCCNC(=O)c1ccc(NC(=O)COc2ccc3oc4c(c3c2)CCCC4)cc1. The molecule has 0 saturated heterocycles. The highest BCUT2D eigenvalue weighted by molar-refractivity contribution is 5.96. The van der Waals surface area contributed by atoms with E-state index in [-0.39, 0.29) is 18.4 Å². The van der Waals surface area contributed by atoms with Gasteiger partial charge in [0.05, 0.1) is 0 Å². The third-order valence-electron chi connectivity index (χ3n) is 5.26. The van der Waals surface area contributed by atoms with Gasteiger partial charge in [0.1, 0.15) is 17.1 Å². The van der Waals surface area contributed by atoms with Gasteiger partial charge in [0.25, 0.3) is 11.8 Å². The maximum atomic E-state index is 12.3. The molecule has 0 radical (unpaired) electrons. The van der Waals surface area contributed by atoms with Gasteiger partial charge < -0.3 is 19.8 Å². The second-order valence-corrected chi connectivity index (χ2v) is 7.54. The first-order chi connectivity index (χ1) is 14.6. The van der Waals surface area contributed by atoms with Crippen LogP contribution in [-0.2, 0) is 17.6 Å². The molecule has 2 amide bonds. The molecule has 0 spiro atoms. The smallest absolute Gasteiger partial charge is 0.262 e. The Morgan fingerprint density at radius 2 is 1.87 bits per heavy atom. The first kappa shape index (κ1) is 20.0. The zero-order chi connectivity index (χ0) is 20.9. The van der Waals surface area contributed by atoms with Crippen molar-refractivity contribution in [3.8, 4) is 5.75 Å². The number of fused-ring (bicyclic) bond motifs is 3. The van der Waals surface area contributed by atoms with Gasteiger partial charge in [-0.1, -0.05) is 6.92 Å². The van der Waals surface area contributed by atoms with E-state index in [9.17, 15) is 9.59 Å². The number of hydrogen-bond acceptors (Lipinski definition) is 4. The van der Waals surface area contributed by atoms with Crippen molar-refractivity contribution in [3.63, 3.8) is 0 Å². The van der Waals surface area contributed by atoms with Crippen LogP contribution in [0.1, 0.15) is 47.9 Å². The minimum atomic E-state index is -0.257. The Balaban J connectivity index is 1.34. The van der Waals surface area contributed by atoms with E-state index in [1.165, 1.54) is 18.4 Å². The zero-order valence-electron chi connectivity index (χ0n) is 17.1. The molecule has 2 aromatic carbocycles. The number of benzene rings is 2. The summed E-state index contributed by atoms with van der Waals surface area (Å²) in [6.45, 7) is 2.55. The number of hydrogen-bond donors (Lipinski definition) is 2. The van der Waals surface area contributed by atoms with Crippen LogP contribution in [0, 0.1) is 0 Å². The molecule has 30 heavy (non-hydrogen) atoms. The van der Waals surface area contributed by atoms with Gasteiger partial charge in [-0.15, -0.1) is 0 Å². The average molecular weight is 406 g/mol. The number of anilines is 1. The van der Waals surface area contributed by atoms with Crippen molar-refractivity contribution in [2.75, 3.05) is 18.5 Å². The summed E-state index contributed by atoms with van der Waals surface area (Å²) in [6, 6.07) is 12.5. The summed E-state index contributed by atoms with van der Waals surface area (Å²) in [7, 11) is 0. The van der Waals surface area contributed by atoms with Crippen molar-refractivity contribution in [1.82, 2.24) is 5.32 Å². The van der Waals surface area contributed by atoms with E-state index in [1.54, 1.807) is 24.3 Å². The number of ether oxygens (including phenoxy) is 1. The Morgan fingerprint density at radius 3 is 2.67 bits per heavy atom. The number of nitrogens with one attached hydrogen (secondary N) is 2. The van der Waals surface area contributed by atoms with Crippen LogP contribution in [0.5, 0.6) is 5.75 Å². The molecule has 6 nitrogen and oxygen atoms in total. The van der Waals surface area contributed by atoms with Crippen LogP contribution in [0.15, 0.2) is 46.9 Å². The van der Waals surface area contributed by atoms with Crippen LogP contribution in [0.3, 0.4) is 0 Å². The van der Waals surface area contributed by atoms with Crippen LogP contribution < -0.4 is 15.4 Å². The van der Waals surface area contributed by atoms with Crippen molar-refractivity contribution in [1.29, 1.82) is 0 Å². The fraction of sp³-hybridized carbons (Fsp3) is 0.333. The molecule has 0 saturated carbocycles. The Kier molecular flexibility index (Phi) is 6.02. The van der Waals surface area contributed by atoms with E-state index in [0.717, 1.165) is 36.0 Å². The fourth-order valence-electron chi connectivity index (χ4n) is 3.72. The molecule has 2 N–H and O–H groups in total. The summed E-state index contributed by atoms with van der Waals surface area (Å²) in [5, 5.41) is 6.70. The molecule has 0 unspecified atom stereocenters. The zero-order valence-corrected chi connectivity index (χ0v) is 17.1. The van der Waals surface area contributed by atoms with Gasteiger partial charge in [-0.25, -0.2) is 0 Å². The molecule has 156 valence electrons. The predicted octanol–water partition coefficient (Wildman–Crippen LogP) is 4.47. The molecule has 4 rings (SSSR count). The van der Waals surface area contributed by atoms with Crippen LogP contribution in [0.25, 0.3) is 11.0 Å². The number of carbonyl (C=O) groups excluding carboxylic acids is 2. The number of amides is 2. The fourth-order valence-corrected chi connectivity index (χ4v) is 3.72. The summed E-state index contributed by atoms with van der Waals surface area (Å²) in [6.07, 6.45) is 5.24. The van der Waals surface area contributed by atoms with E-state index in [0.29, 0.717) is 23.5 Å². The first-order valence-corrected chi connectivity index (χ1v) is 10.5. The lowest BCUT2D eigenvalue weighted by molar-refractivity contribution is -0.118. The summed E-state index contributed by atoms with van der Waals surface area (Å²) in [5.74, 6) is 1.36. The highest BCUT2D eigenvalue weighted by atomic mass is 16.5. The third-order valence-corrected chi connectivity index (χ3v) is 5.26. The van der Waals surface area contributed by atoms with Gasteiger partial charge in [-0.05, 0) is 68.1 Å². The lowest BCUT2D eigenvalue weighted by Crippen LogP contribution is -2.24. The van der Waals surface area contributed by atoms with E-state index in [2.05, 4.69) is 10.6 Å². The highest BCUT2D eigenvalue weighted by Crippen LogP contribution is 2.33. The number of aryl methyl sites for hydroxylation is 2. The lowest BCUT2D eigenvalue weighted by atomic mass is 9.96. The van der Waals surface area contributed by atoms with Crippen LogP contribution in [0.2, 0.25) is 0 Å². The van der Waals surface area contributed by atoms with Gasteiger partial charge in [0.15, 0.2) is 6.61 Å². The first-order valence-electron chi connectivity index (χ1n) is 10.5. The van der Waals surface area contributed by atoms with Crippen molar-refractivity contribution >= 4 is 28.5 Å².